The van der Waals surface area contributed by atoms with E-state index in [2.05, 4.69) is 20.6 Å². The topological polar surface area (TPSA) is 66.9 Å². The van der Waals surface area contributed by atoms with Crippen LogP contribution in [0.25, 0.3) is 0 Å². The minimum Gasteiger partial charge on any atom is -0.348 e. The van der Waals surface area contributed by atoms with E-state index in [1.165, 1.54) is 0 Å². The van der Waals surface area contributed by atoms with Gasteiger partial charge < -0.3 is 10.6 Å². The highest BCUT2D eigenvalue weighted by atomic mass is 35.5. The molecule has 0 bridgehead atoms. The zero-order chi connectivity index (χ0) is 17.0. The normalized spacial score (nSPS) is 11.9. The summed E-state index contributed by atoms with van der Waals surface area (Å²) in [4.78, 5) is 20.8. The number of carbonyl (C=O) groups is 1. The first kappa shape index (κ1) is 17.2. The third-order valence-electron chi connectivity index (χ3n) is 3.59. The first-order valence-electron chi connectivity index (χ1n) is 7.59. The fourth-order valence-corrected chi connectivity index (χ4v) is 2.20. The molecule has 1 heterocycles. The number of aromatic nitrogens is 2. The van der Waals surface area contributed by atoms with Crippen molar-refractivity contribution in [1.29, 1.82) is 0 Å². The second kappa shape index (κ2) is 7.42. The lowest BCUT2D eigenvalue weighted by atomic mass is 10.2. The van der Waals surface area contributed by atoms with Gasteiger partial charge in [-0.15, -0.1) is 0 Å². The van der Waals surface area contributed by atoms with Crippen LogP contribution in [0.2, 0.25) is 5.02 Å². The van der Waals surface area contributed by atoms with Crippen LogP contribution in [0.3, 0.4) is 0 Å². The molecule has 2 rings (SSSR count). The number of hydrogen-bond donors (Lipinski definition) is 2. The SMILES string of the molecule is CCC(C)NC(=O)c1cc(Nc2cccc(Cl)c2C)nc(C)n1. The molecule has 0 spiro atoms. The maximum absolute atomic E-state index is 12.2. The smallest absolute Gasteiger partial charge is 0.270 e. The van der Waals surface area contributed by atoms with Gasteiger partial charge in [0.2, 0.25) is 0 Å². The van der Waals surface area contributed by atoms with Crippen molar-refractivity contribution in [1.82, 2.24) is 15.3 Å². The number of hydrogen-bond acceptors (Lipinski definition) is 4. The number of benzene rings is 1. The number of nitrogens with one attached hydrogen (secondary N) is 2. The maximum atomic E-state index is 12.2. The third-order valence-corrected chi connectivity index (χ3v) is 4.00. The van der Waals surface area contributed by atoms with Crippen LogP contribution >= 0.6 is 11.6 Å². The highest BCUT2D eigenvalue weighted by Crippen LogP contribution is 2.25. The standard InChI is InChI=1S/C17H21ClN4O/c1-5-10(2)19-17(23)15-9-16(21-12(4)20-15)22-14-8-6-7-13(18)11(14)3/h6-10H,5H2,1-4H3,(H,19,23)(H,20,21,22). The lowest BCUT2D eigenvalue weighted by Crippen LogP contribution is -2.32. The Balaban J connectivity index is 2.27. The van der Waals surface area contributed by atoms with Crippen molar-refractivity contribution in [2.45, 2.75) is 40.2 Å². The Kier molecular flexibility index (Phi) is 5.55. The Morgan fingerprint density at radius 2 is 2.04 bits per heavy atom. The van der Waals surface area contributed by atoms with Gasteiger partial charge in [0.1, 0.15) is 17.3 Å². The Bertz CT molecular complexity index is 718. The van der Waals surface area contributed by atoms with Crippen molar-refractivity contribution >= 4 is 29.0 Å². The van der Waals surface area contributed by atoms with E-state index in [0.29, 0.717) is 22.4 Å². The van der Waals surface area contributed by atoms with Crippen molar-refractivity contribution in [2.75, 3.05) is 5.32 Å². The summed E-state index contributed by atoms with van der Waals surface area (Å²) >= 11 is 6.13. The van der Waals surface area contributed by atoms with E-state index in [1.807, 2.05) is 39.0 Å². The fourth-order valence-electron chi connectivity index (χ4n) is 2.03. The summed E-state index contributed by atoms with van der Waals surface area (Å²) in [5.41, 5.74) is 2.12. The molecule has 0 aliphatic rings. The molecule has 2 aromatic rings. The molecule has 1 aromatic heterocycles. The third kappa shape index (κ3) is 4.42. The van der Waals surface area contributed by atoms with Crippen LogP contribution < -0.4 is 10.6 Å². The summed E-state index contributed by atoms with van der Waals surface area (Å²) in [5, 5.41) is 6.78. The van der Waals surface area contributed by atoms with Gasteiger partial charge in [0.05, 0.1) is 0 Å². The van der Waals surface area contributed by atoms with Crippen molar-refractivity contribution in [2.24, 2.45) is 0 Å². The summed E-state index contributed by atoms with van der Waals surface area (Å²) in [6.07, 6.45) is 0.864. The molecular weight excluding hydrogens is 312 g/mol. The predicted octanol–water partition coefficient (Wildman–Crippen LogP) is 4.02. The van der Waals surface area contributed by atoms with Crippen LogP contribution in [0.4, 0.5) is 11.5 Å². The van der Waals surface area contributed by atoms with Gasteiger partial charge in [0.25, 0.3) is 5.91 Å². The van der Waals surface area contributed by atoms with Gasteiger partial charge in [-0.2, -0.15) is 0 Å². The molecule has 0 fully saturated rings. The molecule has 5 nitrogen and oxygen atoms in total. The second-order valence-corrected chi connectivity index (χ2v) is 5.91. The first-order chi connectivity index (χ1) is 10.9. The molecular formula is C17H21ClN4O. The van der Waals surface area contributed by atoms with Crippen LogP contribution in [0, 0.1) is 13.8 Å². The minimum absolute atomic E-state index is 0.101. The quantitative estimate of drug-likeness (QED) is 0.867. The van der Waals surface area contributed by atoms with Gasteiger partial charge in [0.15, 0.2) is 0 Å². The molecule has 0 radical (unpaired) electrons. The Labute approximate surface area is 141 Å². The number of aryl methyl sites for hydroxylation is 1. The van der Waals surface area contributed by atoms with Crippen molar-refractivity contribution in [3.05, 3.63) is 46.4 Å². The van der Waals surface area contributed by atoms with E-state index in [9.17, 15) is 4.79 Å². The first-order valence-corrected chi connectivity index (χ1v) is 7.97. The van der Waals surface area contributed by atoms with E-state index in [1.54, 1.807) is 13.0 Å². The van der Waals surface area contributed by atoms with E-state index in [-0.39, 0.29) is 11.9 Å². The van der Waals surface area contributed by atoms with Crippen LogP contribution in [0.15, 0.2) is 24.3 Å². The molecule has 1 aromatic carbocycles. The van der Waals surface area contributed by atoms with Gasteiger partial charge >= 0.3 is 0 Å². The number of amides is 1. The Hall–Kier alpha value is -2.14. The fraction of sp³-hybridized carbons (Fsp3) is 0.353. The summed E-state index contributed by atoms with van der Waals surface area (Å²) in [5.74, 6) is 0.900. The molecule has 0 saturated carbocycles. The summed E-state index contributed by atoms with van der Waals surface area (Å²) in [6.45, 7) is 7.66. The molecule has 2 N–H and O–H groups in total. The van der Waals surface area contributed by atoms with Crippen LogP contribution in [0.5, 0.6) is 0 Å². The van der Waals surface area contributed by atoms with Crippen molar-refractivity contribution in [3.8, 4) is 0 Å². The molecule has 1 unspecified atom stereocenters. The van der Waals surface area contributed by atoms with E-state index in [4.69, 9.17) is 11.6 Å². The van der Waals surface area contributed by atoms with Crippen molar-refractivity contribution in [3.63, 3.8) is 0 Å². The van der Waals surface area contributed by atoms with Gasteiger partial charge in [-0.1, -0.05) is 24.6 Å². The average molecular weight is 333 g/mol. The van der Waals surface area contributed by atoms with Gasteiger partial charge in [-0.25, -0.2) is 9.97 Å². The van der Waals surface area contributed by atoms with E-state index < -0.39 is 0 Å². The summed E-state index contributed by atoms with van der Waals surface area (Å²) < 4.78 is 0. The highest BCUT2D eigenvalue weighted by Gasteiger charge is 2.13. The lowest BCUT2D eigenvalue weighted by Gasteiger charge is -2.13. The summed E-state index contributed by atoms with van der Waals surface area (Å²) in [7, 11) is 0. The summed E-state index contributed by atoms with van der Waals surface area (Å²) in [6, 6.07) is 7.35. The predicted molar refractivity (Wildman–Crippen MR) is 93.5 cm³/mol. The minimum atomic E-state index is -0.198. The van der Waals surface area contributed by atoms with Gasteiger partial charge in [0, 0.05) is 22.8 Å². The van der Waals surface area contributed by atoms with Crippen LogP contribution in [0.1, 0.15) is 42.1 Å². The number of nitrogens with zero attached hydrogens (tertiary/aromatic N) is 2. The number of anilines is 2. The Morgan fingerprint density at radius 1 is 1.30 bits per heavy atom. The number of carbonyl (C=O) groups excluding carboxylic acids is 1. The van der Waals surface area contributed by atoms with Gasteiger partial charge in [-0.3, -0.25) is 4.79 Å². The zero-order valence-corrected chi connectivity index (χ0v) is 14.5. The zero-order valence-electron chi connectivity index (χ0n) is 13.8. The molecule has 23 heavy (non-hydrogen) atoms. The maximum Gasteiger partial charge on any atom is 0.270 e. The van der Waals surface area contributed by atoms with Crippen LogP contribution in [-0.2, 0) is 0 Å². The number of halogens is 1. The molecule has 1 atom stereocenters. The molecule has 1 amide bonds. The monoisotopic (exact) mass is 332 g/mol. The molecule has 0 saturated heterocycles. The molecule has 6 heteroatoms. The number of rotatable bonds is 5. The van der Waals surface area contributed by atoms with E-state index in [0.717, 1.165) is 17.7 Å². The van der Waals surface area contributed by atoms with E-state index >= 15 is 0 Å². The van der Waals surface area contributed by atoms with Crippen LogP contribution in [-0.4, -0.2) is 21.9 Å². The van der Waals surface area contributed by atoms with Crippen molar-refractivity contribution < 1.29 is 4.79 Å². The second-order valence-electron chi connectivity index (χ2n) is 5.51. The highest BCUT2D eigenvalue weighted by molar-refractivity contribution is 6.31. The van der Waals surface area contributed by atoms with Gasteiger partial charge in [-0.05, 0) is 44.9 Å². The molecule has 0 aliphatic carbocycles. The largest absolute Gasteiger partial charge is 0.348 e. The molecule has 0 aliphatic heterocycles. The molecule has 122 valence electrons. The Morgan fingerprint density at radius 3 is 2.74 bits per heavy atom. The lowest BCUT2D eigenvalue weighted by molar-refractivity contribution is 0.0934. The average Bonchev–Trinajstić information content (AvgIpc) is 2.51.